The molecule has 0 aliphatic rings. The van der Waals surface area contributed by atoms with E-state index in [-0.39, 0.29) is 6.42 Å². The largest absolute Gasteiger partial charge is 0.492 e. The molecule has 0 spiro atoms. The molecule has 0 radical (unpaired) electrons. The number of ether oxygens (including phenoxy) is 3. The zero-order valence-corrected chi connectivity index (χ0v) is 12.0. The number of halogens is 1. The minimum Gasteiger partial charge on any atom is -0.492 e. The third kappa shape index (κ3) is 3.07. The van der Waals surface area contributed by atoms with E-state index in [4.69, 9.17) is 19.3 Å². The van der Waals surface area contributed by atoms with Crippen molar-refractivity contribution in [1.29, 1.82) is 0 Å². The van der Waals surface area contributed by atoms with Crippen LogP contribution in [0.25, 0.3) is 0 Å². The Labute approximate surface area is 114 Å². The molecule has 0 fully saturated rings. The highest BCUT2D eigenvalue weighted by Gasteiger charge is 2.19. The van der Waals surface area contributed by atoms with Crippen LogP contribution in [-0.4, -0.2) is 32.4 Å². The monoisotopic (exact) mass is 318 g/mol. The summed E-state index contributed by atoms with van der Waals surface area (Å²) in [6.07, 6.45) is 0.385. The van der Waals surface area contributed by atoms with Crippen LogP contribution in [0.15, 0.2) is 10.5 Å². The molecule has 1 aromatic carbocycles. The lowest BCUT2D eigenvalue weighted by Gasteiger charge is -2.17. The predicted molar refractivity (Wildman–Crippen MR) is 69.8 cm³/mol. The van der Waals surface area contributed by atoms with Crippen LogP contribution in [0, 0.1) is 0 Å². The maximum absolute atomic E-state index is 10.6. The topological polar surface area (TPSA) is 65.0 Å². The highest BCUT2D eigenvalue weighted by atomic mass is 79.9. The van der Waals surface area contributed by atoms with Gasteiger partial charge >= 0.3 is 5.97 Å². The van der Waals surface area contributed by atoms with E-state index in [0.29, 0.717) is 28.1 Å². The molecule has 0 aliphatic carbocycles. The van der Waals surface area contributed by atoms with Crippen LogP contribution < -0.4 is 14.2 Å². The summed E-state index contributed by atoms with van der Waals surface area (Å²) in [7, 11) is 4.54. The Kier molecular flexibility index (Phi) is 5.27. The van der Waals surface area contributed by atoms with Crippen molar-refractivity contribution < 1.29 is 24.1 Å². The lowest BCUT2D eigenvalue weighted by atomic mass is 10.1. The summed E-state index contributed by atoms with van der Waals surface area (Å²) in [5.74, 6) is 0.616. The van der Waals surface area contributed by atoms with Crippen molar-refractivity contribution in [2.45, 2.75) is 12.8 Å². The molecule has 100 valence electrons. The van der Waals surface area contributed by atoms with Gasteiger partial charge in [0.1, 0.15) is 0 Å². The molecule has 0 heterocycles. The lowest BCUT2D eigenvalue weighted by Crippen LogP contribution is -2.03. The average Bonchev–Trinajstić information content (AvgIpc) is 2.34. The molecule has 0 aromatic heterocycles. The second kappa shape index (κ2) is 6.49. The van der Waals surface area contributed by atoms with Gasteiger partial charge in [-0.05, 0) is 34.0 Å². The van der Waals surface area contributed by atoms with Crippen molar-refractivity contribution in [3.05, 3.63) is 16.1 Å². The van der Waals surface area contributed by atoms with Crippen molar-refractivity contribution in [3.8, 4) is 17.2 Å². The number of carboxylic acid groups (broad SMARTS) is 1. The minimum atomic E-state index is -0.858. The highest BCUT2D eigenvalue weighted by Crippen LogP contribution is 2.45. The Balaban J connectivity index is 3.25. The van der Waals surface area contributed by atoms with Gasteiger partial charge in [-0.1, -0.05) is 0 Å². The van der Waals surface area contributed by atoms with E-state index in [1.54, 1.807) is 6.07 Å². The Hall–Kier alpha value is -1.43. The molecule has 0 unspecified atom stereocenters. The maximum atomic E-state index is 10.6. The van der Waals surface area contributed by atoms with E-state index in [9.17, 15) is 4.79 Å². The number of hydrogen-bond acceptors (Lipinski definition) is 4. The fourth-order valence-corrected chi connectivity index (χ4v) is 2.29. The normalized spacial score (nSPS) is 10.0. The van der Waals surface area contributed by atoms with Gasteiger partial charge in [-0.2, -0.15) is 0 Å². The fourth-order valence-electron chi connectivity index (χ4n) is 1.67. The second-order valence-corrected chi connectivity index (χ2v) is 4.37. The molecule has 0 saturated carbocycles. The molecule has 5 nitrogen and oxygen atoms in total. The van der Waals surface area contributed by atoms with Crippen LogP contribution >= 0.6 is 15.9 Å². The van der Waals surface area contributed by atoms with Gasteiger partial charge < -0.3 is 19.3 Å². The minimum absolute atomic E-state index is 0.0261. The summed E-state index contributed by atoms with van der Waals surface area (Å²) in [6, 6.07) is 1.78. The number of rotatable bonds is 6. The van der Waals surface area contributed by atoms with Gasteiger partial charge in [-0.25, -0.2) is 0 Å². The quantitative estimate of drug-likeness (QED) is 0.873. The molecule has 1 rings (SSSR count). The van der Waals surface area contributed by atoms with E-state index < -0.39 is 5.97 Å². The lowest BCUT2D eigenvalue weighted by molar-refractivity contribution is -0.136. The van der Waals surface area contributed by atoms with Crippen molar-refractivity contribution in [1.82, 2.24) is 0 Å². The number of aryl methyl sites for hydroxylation is 1. The van der Waals surface area contributed by atoms with Gasteiger partial charge in [0.05, 0.1) is 25.8 Å². The zero-order valence-electron chi connectivity index (χ0n) is 10.4. The average molecular weight is 319 g/mol. The number of benzene rings is 1. The first-order valence-corrected chi connectivity index (χ1v) is 6.03. The molecule has 1 aromatic rings. The summed E-state index contributed by atoms with van der Waals surface area (Å²) < 4.78 is 16.5. The van der Waals surface area contributed by atoms with Gasteiger partial charge in [0.15, 0.2) is 11.5 Å². The summed E-state index contributed by atoms with van der Waals surface area (Å²) >= 11 is 3.36. The Bertz CT molecular complexity index is 445. The first-order chi connectivity index (χ1) is 8.54. The van der Waals surface area contributed by atoms with Crippen LogP contribution in [0.4, 0.5) is 0 Å². The number of carboxylic acids is 1. The van der Waals surface area contributed by atoms with E-state index in [0.717, 1.165) is 5.56 Å². The van der Waals surface area contributed by atoms with Gasteiger partial charge in [0.2, 0.25) is 5.75 Å². The second-order valence-electron chi connectivity index (χ2n) is 3.51. The molecule has 0 saturated heterocycles. The molecule has 0 atom stereocenters. The maximum Gasteiger partial charge on any atom is 0.303 e. The Morgan fingerprint density at radius 3 is 2.17 bits per heavy atom. The molecule has 0 aliphatic heterocycles. The molecule has 0 bridgehead atoms. The zero-order chi connectivity index (χ0) is 13.7. The molecule has 18 heavy (non-hydrogen) atoms. The summed E-state index contributed by atoms with van der Waals surface area (Å²) in [4.78, 5) is 10.6. The first-order valence-electron chi connectivity index (χ1n) is 5.24. The van der Waals surface area contributed by atoms with Crippen molar-refractivity contribution >= 4 is 21.9 Å². The standard InChI is InChI=1S/C12H15BrO5/c1-16-10-7(4-5-9(14)15)6-8(13)11(17-2)12(10)18-3/h6H,4-5H2,1-3H3,(H,14,15). The SMILES string of the molecule is COc1c(Br)cc(CCC(=O)O)c(OC)c1OC. The van der Waals surface area contributed by atoms with Crippen LogP contribution in [0.1, 0.15) is 12.0 Å². The van der Waals surface area contributed by atoms with Crippen LogP contribution in [-0.2, 0) is 11.2 Å². The first kappa shape index (κ1) is 14.6. The van der Waals surface area contributed by atoms with E-state index in [1.807, 2.05) is 0 Å². The van der Waals surface area contributed by atoms with Crippen LogP contribution in [0.5, 0.6) is 17.2 Å². The van der Waals surface area contributed by atoms with E-state index in [2.05, 4.69) is 15.9 Å². The van der Waals surface area contributed by atoms with Crippen LogP contribution in [0.3, 0.4) is 0 Å². The third-order valence-electron chi connectivity index (χ3n) is 2.44. The fraction of sp³-hybridized carbons (Fsp3) is 0.417. The number of methoxy groups -OCH3 is 3. The smallest absolute Gasteiger partial charge is 0.303 e. The van der Waals surface area contributed by atoms with Gasteiger partial charge in [-0.3, -0.25) is 4.79 Å². The number of aliphatic carboxylic acids is 1. The summed E-state index contributed by atoms with van der Waals surface area (Å²) in [5.41, 5.74) is 0.754. The predicted octanol–water partition coefficient (Wildman–Crippen LogP) is 2.49. The van der Waals surface area contributed by atoms with Crippen molar-refractivity contribution in [2.24, 2.45) is 0 Å². The molecule has 0 amide bonds. The summed E-state index contributed by atoms with van der Waals surface area (Å²) in [5, 5.41) is 8.73. The Morgan fingerprint density at radius 2 is 1.72 bits per heavy atom. The number of hydrogen-bond donors (Lipinski definition) is 1. The highest BCUT2D eigenvalue weighted by molar-refractivity contribution is 9.10. The molecule has 1 N–H and O–H groups in total. The van der Waals surface area contributed by atoms with E-state index >= 15 is 0 Å². The van der Waals surface area contributed by atoms with E-state index in [1.165, 1.54) is 21.3 Å². The molecular formula is C12H15BrO5. The summed E-state index contributed by atoms with van der Waals surface area (Å²) in [6.45, 7) is 0. The molecule has 6 heteroatoms. The van der Waals surface area contributed by atoms with Crippen molar-refractivity contribution in [2.75, 3.05) is 21.3 Å². The number of carbonyl (C=O) groups is 1. The molecular weight excluding hydrogens is 304 g/mol. The van der Waals surface area contributed by atoms with Gasteiger partial charge in [-0.15, -0.1) is 0 Å². The Morgan fingerprint density at radius 1 is 1.17 bits per heavy atom. The van der Waals surface area contributed by atoms with Crippen molar-refractivity contribution in [3.63, 3.8) is 0 Å². The van der Waals surface area contributed by atoms with Gasteiger partial charge in [0.25, 0.3) is 0 Å². The van der Waals surface area contributed by atoms with Crippen LogP contribution in [0.2, 0.25) is 0 Å². The third-order valence-corrected chi connectivity index (χ3v) is 3.03. The van der Waals surface area contributed by atoms with Gasteiger partial charge in [0, 0.05) is 6.42 Å².